The van der Waals surface area contributed by atoms with Gasteiger partial charge in [-0.2, -0.15) is 0 Å². The van der Waals surface area contributed by atoms with Crippen molar-refractivity contribution in [1.82, 2.24) is 4.90 Å². The van der Waals surface area contributed by atoms with Gasteiger partial charge in [0, 0.05) is 24.5 Å². The summed E-state index contributed by atoms with van der Waals surface area (Å²) in [6.45, 7) is 6.96. The Hall–Kier alpha value is -0.340. The summed E-state index contributed by atoms with van der Waals surface area (Å²) in [5, 5.41) is 1.15. The highest BCUT2D eigenvalue weighted by Gasteiger charge is 2.33. The lowest BCUT2D eigenvalue weighted by molar-refractivity contribution is 0.0982. The highest BCUT2D eigenvalue weighted by atomic mass is 79.9. The Morgan fingerprint density at radius 3 is 2.30 bits per heavy atom. The molecule has 0 amide bonds. The lowest BCUT2D eigenvalue weighted by Crippen LogP contribution is -2.43. The maximum atomic E-state index is 3.80. The maximum absolute atomic E-state index is 3.80. The van der Waals surface area contributed by atoms with Crippen molar-refractivity contribution < 1.29 is 0 Å². The van der Waals surface area contributed by atoms with E-state index in [-0.39, 0.29) is 0 Å². The van der Waals surface area contributed by atoms with Gasteiger partial charge in [0.2, 0.25) is 0 Å². The molecule has 0 aromatic heterocycles. The van der Waals surface area contributed by atoms with Crippen molar-refractivity contribution in [2.75, 3.05) is 11.9 Å². The van der Waals surface area contributed by atoms with Crippen LogP contribution < -0.4 is 0 Å². The number of nitrogens with zero attached hydrogens (tertiary/aromatic N) is 1. The van der Waals surface area contributed by atoms with E-state index in [4.69, 9.17) is 0 Å². The molecule has 1 aromatic carbocycles. The molecule has 0 aliphatic heterocycles. The topological polar surface area (TPSA) is 3.24 Å². The second-order valence-corrected chi connectivity index (χ2v) is 7.24. The van der Waals surface area contributed by atoms with Gasteiger partial charge >= 0.3 is 0 Å². The van der Waals surface area contributed by atoms with Gasteiger partial charge in [0.1, 0.15) is 0 Å². The Bertz CT molecular complexity index is 382. The first kappa shape index (κ1) is 16.0. The fourth-order valence-corrected chi connectivity index (χ4v) is 4.04. The fraction of sp³-hybridized carbons (Fsp3) is 0.667. The Kier molecular flexibility index (Phi) is 6.10. The van der Waals surface area contributed by atoms with Crippen LogP contribution >= 0.6 is 15.9 Å². The summed E-state index contributed by atoms with van der Waals surface area (Å²) < 4.78 is 0. The number of benzene rings is 1. The normalized spacial score (nSPS) is 18.6. The predicted octanol–water partition coefficient (Wildman–Crippen LogP) is 5.24. The molecule has 112 valence electrons. The molecule has 0 heterocycles. The summed E-state index contributed by atoms with van der Waals surface area (Å²) in [4.78, 5) is 2.65. The first-order chi connectivity index (χ1) is 9.65. The minimum absolute atomic E-state index is 0.497. The number of hydrogen-bond acceptors (Lipinski definition) is 1. The van der Waals surface area contributed by atoms with Crippen LogP contribution in [0.2, 0.25) is 0 Å². The Morgan fingerprint density at radius 2 is 1.75 bits per heavy atom. The average Bonchev–Trinajstić information content (AvgIpc) is 2.48. The van der Waals surface area contributed by atoms with Gasteiger partial charge in [-0.3, -0.25) is 4.90 Å². The largest absolute Gasteiger partial charge is 0.296 e. The molecular formula is C18H28BrN. The zero-order valence-electron chi connectivity index (χ0n) is 12.9. The number of hydrogen-bond donors (Lipinski definition) is 0. The molecule has 1 fully saturated rings. The van der Waals surface area contributed by atoms with Crippen LogP contribution in [-0.2, 0) is 6.54 Å². The van der Waals surface area contributed by atoms with Gasteiger partial charge in [-0.25, -0.2) is 0 Å². The Morgan fingerprint density at radius 1 is 1.10 bits per heavy atom. The lowest BCUT2D eigenvalue weighted by Gasteiger charge is -2.41. The minimum Gasteiger partial charge on any atom is -0.296 e. The summed E-state index contributed by atoms with van der Waals surface area (Å²) in [7, 11) is 0. The molecule has 0 saturated heterocycles. The van der Waals surface area contributed by atoms with Gasteiger partial charge in [0.05, 0.1) is 0 Å². The summed E-state index contributed by atoms with van der Waals surface area (Å²) in [5.41, 5.74) is 1.93. The van der Waals surface area contributed by atoms with Crippen molar-refractivity contribution in [3.05, 3.63) is 35.9 Å². The van der Waals surface area contributed by atoms with E-state index in [0.29, 0.717) is 11.5 Å². The first-order valence-corrected chi connectivity index (χ1v) is 9.11. The lowest BCUT2D eigenvalue weighted by atomic mass is 9.75. The SMILES string of the molecule is CC(C)N(Cc1ccccc1)CC1(CBr)CCCCC1. The molecule has 2 rings (SSSR count). The molecule has 2 heteroatoms. The molecule has 0 N–H and O–H groups in total. The van der Waals surface area contributed by atoms with E-state index in [9.17, 15) is 0 Å². The molecule has 20 heavy (non-hydrogen) atoms. The Balaban J connectivity index is 2.04. The monoisotopic (exact) mass is 337 g/mol. The highest BCUT2D eigenvalue weighted by Crippen LogP contribution is 2.39. The van der Waals surface area contributed by atoms with Gasteiger partial charge in [-0.05, 0) is 37.7 Å². The quantitative estimate of drug-likeness (QED) is 0.641. The molecule has 0 bridgehead atoms. The van der Waals surface area contributed by atoms with Crippen LogP contribution in [-0.4, -0.2) is 22.8 Å². The van der Waals surface area contributed by atoms with Crippen LogP contribution in [0.5, 0.6) is 0 Å². The van der Waals surface area contributed by atoms with Crippen LogP contribution in [0.4, 0.5) is 0 Å². The molecule has 0 unspecified atom stereocenters. The van der Waals surface area contributed by atoms with Gasteiger partial charge in [-0.15, -0.1) is 0 Å². The van der Waals surface area contributed by atoms with Crippen molar-refractivity contribution in [3.63, 3.8) is 0 Å². The van der Waals surface area contributed by atoms with Crippen LogP contribution in [0.15, 0.2) is 30.3 Å². The Labute approximate surface area is 132 Å². The minimum atomic E-state index is 0.497. The third-order valence-corrected chi connectivity index (χ3v) is 5.88. The van der Waals surface area contributed by atoms with E-state index in [0.717, 1.165) is 11.9 Å². The fourth-order valence-electron chi connectivity index (χ4n) is 3.31. The van der Waals surface area contributed by atoms with E-state index < -0.39 is 0 Å². The smallest absolute Gasteiger partial charge is 0.0236 e. The molecule has 1 aromatic rings. The van der Waals surface area contributed by atoms with Crippen LogP contribution in [0, 0.1) is 5.41 Å². The molecule has 0 radical (unpaired) electrons. The van der Waals surface area contributed by atoms with Crippen LogP contribution in [0.1, 0.15) is 51.5 Å². The van der Waals surface area contributed by atoms with E-state index in [2.05, 4.69) is 65.0 Å². The van der Waals surface area contributed by atoms with Crippen molar-refractivity contribution in [2.45, 2.75) is 58.5 Å². The van der Waals surface area contributed by atoms with Crippen molar-refractivity contribution >= 4 is 15.9 Å². The van der Waals surface area contributed by atoms with Crippen LogP contribution in [0.25, 0.3) is 0 Å². The van der Waals surface area contributed by atoms with Gasteiger partial charge in [-0.1, -0.05) is 65.5 Å². The summed E-state index contributed by atoms with van der Waals surface area (Å²) in [6.07, 6.45) is 7.01. The molecule has 0 atom stereocenters. The van der Waals surface area contributed by atoms with E-state index >= 15 is 0 Å². The zero-order valence-corrected chi connectivity index (χ0v) is 14.5. The predicted molar refractivity (Wildman–Crippen MR) is 91.3 cm³/mol. The highest BCUT2D eigenvalue weighted by molar-refractivity contribution is 9.09. The molecular weight excluding hydrogens is 310 g/mol. The van der Waals surface area contributed by atoms with Gasteiger partial charge in [0.25, 0.3) is 0 Å². The molecule has 0 spiro atoms. The number of halogens is 1. The third kappa shape index (κ3) is 4.33. The number of alkyl halides is 1. The second kappa shape index (κ2) is 7.61. The van der Waals surface area contributed by atoms with E-state index in [1.54, 1.807) is 0 Å². The zero-order chi connectivity index (χ0) is 14.4. The van der Waals surface area contributed by atoms with Gasteiger partial charge < -0.3 is 0 Å². The summed E-state index contributed by atoms with van der Waals surface area (Å²) in [6, 6.07) is 11.5. The van der Waals surface area contributed by atoms with Crippen molar-refractivity contribution in [1.29, 1.82) is 0 Å². The van der Waals surface area contributed by atoms with Gasteiger partial charge in [0.15, 0.2) is 0 Å². The van der Waals surface area contributed by atoms with Crippen molar-refractivity contribution in [3.8, 4) is 0 Å². The molecule has 1 aliphatic rings. The third-order valence-electron chi connectivity index (χ3n) is 4.69. The molecule has 1 aliphatic carbocycles. The maximum Gasteiger partial charge on any atom is 0.0236 e. The second-order valence-electron chi connectivity index (χ2n) is 6.68. The molecule has 1 saturated carbocycles. The van der Waals surface area contributed by atoms with E-state index in [1.807, 2.05) is 0 Å². The molecule has 1 nitrogen and oxygen atoms in total. The van der Waals surface area contributed by atoms with Crippen molar-refractivity contribution in [2.24, 2.45) is 5.41 Å². The van der Waals surface area contributed by atoms with Crippen LogP contribution in [0.3, 0.4) is 0 Å². The standard InChI is InChI=1S/C18H28BrN/c1-16(2)20(13-17-9-5-3-6-10-17)15-18(14-19)11-7-4-8-12-18/h3,5-6,9-10,16H,4,7-8,11-15H2,1-2H3. The summed E-state index contributed by atoms with van der Waals surface area (Å²) >= 11 is 3.80. The van der Waals surface area contributed by atoms with E-state index in [1.165, 1.54) is 44.2 Å². The number of rotatable bonds is 6. The summed E-state index contributed by atoms with van der Waals surface area (Å²) in [5.74, 6) is 0. The first-order valence-electron chi connectivity index (χ1n) is 7.99. The average molecular weight is 338 g/mol.